The summed E-state index contributed by atoms with van der Waals surface area (Å²) in [5.74, 6) is -1.07. The van der Waals surface area contributed by atoms with Crippen LogP contribution in [0.3, 0.4) is 0 Å². The van der Waals surface area contributed by atoms with E-state index in [9.17, 15) is 9.59 Å². The van der Waals surface area contributed by atoms with Gasteiger partial charge in [-0.3, -0.25) is 4.79 Å². The van der Waals surface area contributed by atoms with Crippen LogP contribution in [-0.4, -0.2) is 18.4 Å². The molecule has 0 saturated carbocycles. The molecule has 1 aliphatic carbocycles. The van der Waals surface area contributed by atoms with Gasteiger partial charge < -0.3 is 10.1 Å². The lowest BCUT2D eigenvalue weighted by molar-refractivity contribution is -0.139. The Kier molecular flexibility index (Phi) is 6.69. The van der Waals surface area contributed by atoms with E-state index in [2.05, 4.69) is 19.2 Å². The molecule has 33 heavy (non-hydrogen) atoms. The van der Waals surface area contributed by atoms with Crippen molar-refractivity contribution in [2.24, 2.45) is 5.41 Å². The fourth-order valence-corrected chi connectivity index (χ4v) is 5.16. The first-order valence-electron chi connectivity index (χ1n) is 11.1. The van der Waals surface area contributed by atoms with Gasteiger partial charge in [0.2, 0.25) is 0 Å². The van der Waals surface area contributed by atoms with E-state index < -0.39 is 11.9 Å². The van der Waals surface area contributed by atoms with Gasteiger partial charge in [-0.25, -0.2) is 4.79 Å². The minimum absolute atomic E-state index is 0.0110. The maximum absolute atomic E-state index is 13.4. The predicted octanol–water partition coefficient (Wildman–Crippen LogP) is 6.38. The largest absolute Gasteiger partial charge is 0.462 e. The maximum Gasteiger partial charge on any atom is 0.336 e. The van der Waals surface area contributed by atoms with E-state index in [1.807, 2.05) is 43.3 Å². The summed E-state index contributed by atoms with van der Waals surface area (Å²) in [4.78, 5) is 26.7. The third-order valence-electron chi connectivity index (χ3n) is 6.22. The van der Waals surface area contributed by atoms with Gasteiger partial charge in [-0.1, -0.05) is 79.5 Å². The van der Waals surface area contributed by atoms with E-state index in [4.69, 9.17) is 27.9 Å². The summed E-state index contributed by atoms with van der Waals surface area (Å²) in [7, 11) is 0. The molecule has 0 unspecified atom stereocenters. The van der Waals surface area contributed by atoms with Crippen molar-refractivity contribution in [3.8, 4) is 0 Å². The van der Waals surface area contributed by atoms with Crippen LogP contribution in [0.25, 0.3) is 0 Å². The molecule has 6 heteroatoms. The smallest absolute Gasteiger partial charge is 0.336 e. The predicted molar refractivity (Wildman–Crippen MR) is 131 cm³/mol. The summed E-state index contributed by atoms with van der Waals surface area (Å²) < 4.78 is 5.69. The average molecular weight is 484 g/mol. The van der Waals surface area contributed by atoms with Gasteiger partial charge >= 0.3 is 5.97 Å². The topological polar surface area (TPSA) is 55.4 Å². The van der Waals surface area contributed by atoms with Crippen molar-refractivity contribution >= 4 is 35.0 Å². The summed E-state index contributed by atoms with van der Waals surface area (Å²) in [6, 6.07) is 15.2. The Labute approximate surface area is 204 Å². The van der Waals surface area contributed by atoms with Crippen LogP contribution in [0.5, 0.6) is 0 Å². The second kappa shape index (κ2) is 9.36. The van der Waals surface area contributed by atoms with Crippen LogP contribution in [0.15, 0.2) is 71.1 Å². The molecule has 1 aliphatic heterocycles. The van der Waals surface area contributed by atoms with Crippen LogP contribution >= 0.6 is 23.2 Å². The number of rotatable bonds is 5. The highest BCUT2D eigenvalue weighted by molar-refractivity contribution is 6.42. The molecule has 0 saturated heterocycles. The minimum Gasteiger partial charge on any atom is -0.462 e. The Morgan fingerprint density at radius 1 is 1.09 bits per heavy atom. The first-order chi connectivity index (χ1) is 15.7. The average Bonchev–Trinajstić information content (AvgIpc) is 2.74. The number of halogens is 2. The number of dihydropyridines is 1. The lowest BCUT2D eigenvalue weighted by atomic mass is 9.68. The van der Waals surface area contributed by atoms with E-state index >= 15 is 0 Å². The van der Waals surface area contributed by atoms with Gasteiger partial charge in [-0.2, -0.15) is 0 Å². The molecule has 4 rings (SSSR count). The molecule has 2 aromatic carbocycles. The number of allylic oxidation sites excluding steroid dienone is 3. The molecule has 1 heterocycles. The van der Waals surface area contributed by atoms with Crippen molar-refractivity contribution in [1.29, 1.82) is 0 Å². The van der Waals surface area contributed by atoms with Gasteiger partial charge in [-0.05, 0) is 36.0 Å². The minimum atomic E-state index is -0.625. The molecule has 1 N–H and O–H groups in total. The van der Waals surface area contributed by atoms with Gasteiger partial charge in [0.25, 0.3) is 0 Å². The van der Waals surface area contributed by atoms with Gasteiger partial charge in [0.15, 0.2) is 5.78 Å². The Hall–Kier alpha value is -2.56. The lowest BCUT2D eigenvalue weighted by Gasteiger charge is -2.39. The molecule has 172 valence electrons. The van der Waals surface area contributed by atoms with Crippen LogP contribution in [0.2, 0.25) is 10.0 Å². The molecule has 0 fully saturated rings. The van der Waals surface area contributed by atoms with Crippen molar-refractivity contribution in [2.75, 3.05) is 6.61 Å². The van der Waals surface area contributed by atoms with E-state index in [0.29, 0.717) is 51.7 Å². The number of benzene rings is 2. The standard InChI is InChI=1S/C27H27Cl2NO3/c1-16-22(26(32)33-13-12-17-8-5-4-6-9-17)23(18-10-7-11-19(28)25(18)29)24-20(30-16)14-27(2,3)15-21(24)31/h4-11,23,30H,12-15H2,1-3H3/t23-/m0/s1. The first kappa shape index (κ1) is 23.6. The van der Waals surface area contributed by atoms with Gasteiger partial charge in [0.1, 0.15) is 0 Å². The van der Waals surface area contributed by atoms with E-state index in [0.717, 1.165) is 11.3 Å². The Balaban J connectivity index is 1.71. The van der Waals surface area contributed by atoms with Crippen LogP contribution < -0.4 is 5.32 Å². The molecule has 2 aromatic rings. The van der Waals surface area contributed by atoms with E-state index in [1.165, 1.54) is 0 Å². The zero-order chi connectivity index (χ0) is 23.8. The highest BCUT2D eigenvalue weighted by Gasteiger charge is 2.43. The Morgan fingerprint density at radius 3 is 2.55 bits per heavy atom. The Bertz CT molecular complexity index is 1170. The number of nitrogens with one attached hydrogen (secondary N) is 1. The molecule has 0 spiro atoms. The highest BCUT2D eigenvalue weighted by Crippen LogP contribution is 2.48. The quantitative estimate of drug-likeness (QED) is 0.500. The van der Waals surface area contributed by atoms with Crippen LogP contribution in [0.4, 0.5) is 0 Å². The summed E-state index contributed by atoms with van der Waals surface area (Å²) in [6.45, 7) is 6.23. The maximum atomic E-state index is 13.4. The van der Waals surface area contributed by atoms with Crippen LogP contribution in [-0.2, 0) is 20.7 Å². The molecule has 4 nitrogen and oxygen atoms in total. The number of esters is 1. The lowest BCUT2D eigenvalue weighted by Crippen LogP contribution is -2.38. The summed E-state index contributed by atoms with van der Waals surface area (Å²) >= 11 is 12.9. The van der Waals surface area contributed by atoms with Gasteiger partial charge in [-0.15, -0.1) is 0 Å². The second-order valence-corrected chi connectivity index (χ2v) is 10.2. The van der Waals surface area contributed by atoms with E-state index in [1.54, 1.807) is 12.1 Å². The molecule has 1 atom stereocenters. The highest BCUT2D eigenvalue weighted by atomic mass is 35.5. The van der Waals surface area contributed by atoms with Gasteiger partial charge in [0.05, 0.1) is 22.2 Å². The fourth-order valence-electron chi connectivity index (χ4n) is 4.75. The zero-order valence-electron chi connectivity index (χ0n) is 19.0. The van der Waals surface area contributed by atoms with Crippen molar-refractivity contribution in [2.45, 2.75) is 46.0 Å². The molecular weight excluding hydrogens is 457 g/mol. The number of hydrogen-bond acceptors (Lipinski definition) is 4. The van der Waals surface area contributed by atoms with E-state index in [-0.39, 0.29) is 17.8 Å². The molecule has 2 aliphatic rings. The molecule has 0 aromatic heterocycles. The normalized spacial score (nSPS) is 19.8. The first-order valence-corrected chi connectivity index (χ1v) is 11.8. The molecule has 0 amide bonds. The number of hydrogen-bond donors (Lipinski definition) is 1. The number of ether oxygens (including phenoxy) is 1. The summed E-state index contributed by atoms with van der Waals surface area (Å²) in [6.07, 6.45) is 1.71. The van der Waals surface area contributed by atoms with Crippen LogP contribution in [0, 0.1) is 5.41 Å². The number of carbonyl (C=O) groups excluding carboxylic acids is 2. The number of Topliss-reactive ketones (excluding diaryl/α,β-unsaturated/α-hetero) is 1. The summed E-state index contributed by atoms with van der Waals surface area (Å²) in [5, 5.41) is 4.07. The SMILES string of the molecule is CC1=C(C(=O)OCCc2ccccc2)[C@H](c2cccc(Cl)c2Cl)C2=C(CC(C)(C)CC2=O)N1. The molecular formula is C27H27Cl2NO3. The van der Waals surface area contributed by atoms with Crippen molar-refractivity contribution in [3.63, 3.8) is 0 Å². The summed E-state index contributed by atoms with van der Waals surface area (Å²) in [5.41, 5.74) is 4.06. The fraction of sp³-hybridized carbons (Fsp3) is 0.333. The van der Waals surface area contributed by atoms with Crippen molar-refractivity contribution < 1.29 is 14.3 Å². The second-order valence-electron chi connectivity index (χ2n) is 9.44. The molecule has 0 bridgehead atoms. The number of ketones is 1. The van der Waals surface area contributed by atoms with Crippen molar-refractivity contribution in [3.05, 3.63) is 92.2 Å². The Morgan fingerprint density at radius 2 is 1.82 bits per heavy atom. The van der Waals surface area contributed by atoms with Gasteiger partial charge in [0, 0.05) is 35.7 Å². The van der Waals surface area contributed by atoms with Crippen LogP contribution in [0.1, 0.15) is 50.7 Å². The monoisotopic (exact) mass is 483 g/mol. The number of carbonyl (C=O) groups is 2. The third kappa shape index (κ3) is 4.87. The molecule has 0 radical (unpaired) electrons. The third-order valence-corrected chi connectivity index (χ3v) is 7.05. The zero-order valence-corrected chi connectivity index (χ0v) is 20.5. The van der Waals surface area contributed by atoms with Crippen molar-refractivity contribution in [1.82, 2.24) is 5.32 Å².